The third kappa shape index (κ3) is 2.62. The number of aliphatic hydroxyl groups excluding tert-OH is 1. The molecular formula is C11H13ClIN4O2P. The fourth-order valence-corrected chi connectivity index (χ4v) is 4.45. The van der Waals surface area contributed by atoms with Gasteiger partial charge in [-0.3, -0.25) is 4.34 Å². The first-order chi connectivity index (χ1) is 9.74. The van der Waals surface area contributed by atoms with Crippen molar-refractivity contribution in [2.45, 2.75) is 6.61 Å². The van der Waals surface area contributed by atoms with Gasteiger partial charge in [-0.25, -0.2) is 9.97 Å². The number of aromatic nitrogens is 3. The lowest BCUT2D eigenvalue weighted by Gasteiger charge is -2.28. The maximum absolute atomic E-state index is 9.44. The predicted octanol–water partition coefficient (Wildman–Crippen LogP) is 2.21. The molecule has 3 rings (SSSR count). The molecule has 0 saturated carbocycles. The van der Waals surface area contributed by atoms with Crippen LogP contribution in [0, 0.1) is 0 Å². The van der Waals surface area contributed by atoms with Crippen molar-refractivity contribution in [3.05, 3.63) is 17.0 Å². The van der Waals surface area contributed by atoms with E-state index >= 15 is 0 Å². The van der Waals surface area contributed by atoms with Crippen molar-refractivity contribution in [2.75, 3.05) is 31.2 Å². The summed E-state index contributed by atoms with van der Waals surface area (Å²) in [5.74, 6) is 0.622. The highest BCUT2D eigenvalue weighted by molar-refractivity contribution is 14.2. The van der Waals surface area contributed by atoms with Gasteiger partial charge in [0.05, 0.1) is 25.3 Å². The fourth-order valence-electron chi connectivity index (χ4n) is 2.29. The van der Waals surface area contributed by atoms with E-state index in [4.69, 9.17) is 16.3 Å². The number of hydrogen-bond donors (Lipinski definition) is 1. The second-order valence-electron chi connectivity index (χ2n) is 4.34. The molecule has 20 heavy (non-hydrogen) atoms. The van der Waals surface area contributed by atoms with E-state index in [-0.39, 0.29) is 6.61 Å². The third-order valence-electron chi connectivity index (χ3n) is 3.21. The lowest BCUT2D eigenvalue weighted by Crippen LogP contribution is -2.36. The molecule has 0 radical (unpaired) electrons. The molecule has 0 spiro atoms. The smallest absolute Gasteiger partial charge is 0.167 e. The molecule has 0 amide bonds. The second kappa shape index (κ2) is 6.27. The Labute approximate surface area is 135 Å². The summed E-state index contributed by atoms with van der Waals surface area (Å²) >= 11 is 8.40. The van der Waals surface area contributed by atoms with Gasteiger partial charge in [0.25, 0.3) is 0 Å². The maximum Gasteiger partial charge on any atom is 0.167 e. The molecule has 1 aliphatic heterocycles. The number of ether oxygens (including phenoxy) is 1. The van der Waals surface area contributed by atoms with Gasteiger partial charge in [0.15, 0.2) is 5.65 Å². The van der Waals surface area contributed by atoms with Gasteiger partial charge >= 0.3 is 0 Å². The highest BCUT2D eigenvalue weighted by Gasteiger charge is 2.20. The molecule has 108 valence electrons. The Hall–Kier alpha value is -0.210. The number of pyridine rings is 1. The number of imidazole rings is 1. The molecule has 2 aromatic heterocycles. The Bertz CT molecular complexity index is 632. The number of hydrogen-bond acceptors (Lipinski definition) is 5. The van der Waals surface area contributed by atoms with Gasteiger partial charge in [0, 0.05) is 19.2 Å². The van der Waals surface area contributed by atoms with Crippen LogP contribution in [0.3, 0.4) is 0 Å². The molecule has 3 heterocycles. The molecule has 1 saturated heterocycles. The molecular weight excluding hydrogens is 413 g/mol. The number of aliphatic hydroxyl groups is 1. The quantitative estimate of drug-likeness (QED) is 0.463. The van der Waals surface area contributed by atoms with Crippen LogP contribution in [0.25, 0.3) is 11.2 Å². The first kappa shape index (κ1) is 14.7. The summed E-state index contributed by atoms with van der Waals surface area (Å²) in [4.78, 5) is 11.1. The maximum atomic E-state index is 9.44. The van der Waals surface area contributed by atoms with Crippen molar-refractivity contribution >= 4 is 56.9 Å². The van der Waals surface area contributed by atoms with Crippen LogP contribution in [-0.4, -0.2) is 45.7 Å². The van der Waals surface area contributed by atoms with Gasteiger partial charge in [-0.05, 0) is 22.0 Å². The molecule has 1 fully saturated rings. The summed E-state index contributed by atoms with van der Waals surface area (Å²) in [5, 5.41) is 9.89. The van der Waals surface area contributed by atoms with Crippen molar-refractivity contribution in [1.29, 1.82) is 0 Å². The summed E-state index contributed by atoms with van der Waals surface area (Å²) < 4.78 is 7.29. The number of anilines is 1. The lowest BCUT2D eigenvalue weighted by molar-refractivity contribution is 0.123. The minimum atomic E-state index is -0.105. The summed E-state index contributed by atoms with van der Waals surface area (Å²) in [6.45, 7) is 2.91. The number of morpholine rings is 1. The minimum Gasteiger partial charge on any atom is -0.388 e. The molecule has 9 heteroatoms. The predicted molar refractivity (Wildman–Crippen MR) is 89.2 cm³/mol. The topological polar surface area (TPSA) is 63.4 Å². The first-order valence-corrected chi connectivity index (χ1v) is 10.6. The Morgan fingerprint density at radius 3 is 2.80 bits per heavy atom. The Morgan fingerprint density at radius 1 is 1.40 bits per heavy atom. The van der Waals surface area contributed by atoms with E-state index < -0.39 is 0 Å². The summed E-state index contributed by atoms with van der Waals surface area (Å²) in [5.41, 5.74) is 2.49. The molecule has 2 aromatic rings. The molecule has 1 unspecified atom stereocenters. The third-order valence-corrected chi connectivity index (χ3v) is 5.49. The summed E-state index contributed by atoms with van der Waals surface area (Å²) in [6.07, 6.45) is 0.416. The number of halogens is 2. The van der Waals surface area contributed by atoms with Crippen LogP contribution < -0.4 is 4.90 Å². The van der Waals surface area contributed by atoms with Crippen molar-refractivity contribution < 1.29 is 9.84 Å². The van der Waals surface area contributed by atoms with Gasteiger partial charge < -0.3 is 14.7 Å². The van der Waals surface area contributed by atoms with Crippen molar-refractivity contribution in [3.8, 4) is 0 Å². The Balaban J connectivity index is 2.18. The lowest BCUT2D eigenvalue weighted by atomic mass is 10.3. The van der Waals surface area contributed by atoms with Crippen LogP contribution in [0.5, 0.6) is 0 Å². The van der Waals surface area contributed by atoms with Gasteiger partial charge in [-0.1, -0.05) is 11.6 Å². The van der Waals surface area contributed by atoms with E-state index in [2.05, 4.69) is 36.9 Å². The van der Waals surface area contributed by atoms with Gasteiger partial charge in [-0.2, -0.15) is 0 Å². The Kier molecular flexibility index (Phi) is 4.62. The van der Waals surface area contributed by atoms with E-state index in [9.17, 15) is 5.11 Å². The average molecular weight is 427 g/mol. The molecule has 0 aromatic carbocycles. The number of nitrogens with zero attached hydrogens (tertiary/aromatic N) is 4. The summed E-state index contributed by atoms with van der Waals surface area (Å²) in [7, 11) is 0. The Morgan fingerprint density at radius 2 is 2.15 bits per heavy atom. The minimum absolute atomic E-state index is 0.105. The molecule has 1 aliphatic rings. The van der Waals surface area contributed by atoms with Crippen molar-refractivity contribution in [3.63, 3.8) is 0 Å². The largest absolute Gasteiger partial charge is 0.388 e. The number of rotatable bonds is 3. The molecule has 0 bridgehead atoms. The van der Waals surface area contributed by atoms with Crippen LogP contribution in [0.4, 0.5) is 5.69 Å². The SMILES string of the molecule is OCc1nc2c(N3CCOCC3)cc(Cl)nc2n1PI. The monoisotopic (exact) mass is 426 g/mol. The zero-order chi connectivity index (χ0) is 14.1. The highest BCUT2D eigenvalue weighted by Crippen LogP contribution is 2.35. The van der Waals surface area contributed by atoms with Crippen molar-refractivity contribution in [1.82, 2.24) is 14.3 Å². The molecule has 0 aliphatic carbocycles. The van der Waals surface area contributed by atoms with Crippen LogP contribution in [0.15, 0.2) is 6.07 Å². The molecule has 6 nitrogen and oxygen atoms in total. The zero-order valence-corrected chi connectivity index (χ0v) is 14.4. The standard InChI is InChI=1S/C11H13ClIN4O2P/c12-8-5-7(16-1-3-19-4-2-16)10-11(14-8)17(20-13)9(6-18)15-10/h5,18,20H,1-4,6H2. The van der Waals surface area contributed by atoms with E-state index in [0.717, 1.165) is 29.9 Å². The second-order valence-corrected chi connectivity index (χ2v) is 6.79. The zero-order valence-electron chi connectivity index (χ0n) is 10.5. The average Bonchev–Trinajstić information content (AvgIpc) is 2.84. The fraction of sp³-hybridized carbons (Fsp3) is 0.455. The molecule has 1 N–H and O–H groups in total. The summed E-state index contributed by atoms with van der Waals surface area (Å²) in [6, 6.07) is 1.84. The van der Waals surface area contributed by atoms with E-state index in [1.165, 1.54) is 0 Å². The van der Waals surface area contributed by atoms with Crippen LogP contribution in [-0.2, 0) is 11.3 Å². The first-order valence-electron chi connectivity index (χ1n) is 6.12. The number of fused-ring (bicyclic) bond motifs is 1. The van der Waals surface area contributed by atoms with Crippen LogP contribution in [0.2, 0.25) is 5.15 Å². The molecule has 1 atom stereocenters. The van der Waals surface area contributed by atoms with Gasteiger partial charge in [0.1, 0.15) is 23.1 Å². The van der Waals surface area contributed by atoms with Gasteiger partial charge in [0.2, 0.25) is 0 Å². The van der Waals surface area contributed by atoms with E-state index in [0.29, 0.717) is 30.6 Å². The van der Waals surface area contributed by atoms with Crippen LogP contribution >= 0.6 is 40.0 Å². The van der Waals surface area contributed by atoms with Gasteiger partial charge in [-0.15, -0.1) is 0 Å². The van der Waals surface area contributed by atoms with E-state index in [1.54, 1.807) is 0 Å². The van der Waals surface area contributed by atoms with Crippen LogP contribution in [0.1, 0.15) is 5.82 Å². The normalized spacial score (nSPS) is 16.6. The highest BCUT2D eigenvalue weighted by atomic mass is 127. The van der Waals surface area contributed by atoms with Crippen molar-refractivity contribution in [2.24, 2.45) is 0 Å². The van der Waals surface area contributed by atoms with E-state index in [1.807, 2.05) is 10.4 Å².